The first-order valence-corrected chi connectivity index (χ1v) is 8.95. The van der Waals surface area contributed by atoms with Crippen LogP contribution in [0.15, 0.2) is 17.4 Å². The molecule has 0 aliphatic heterocycles. The Morgan fingerprint density at radius 3 is 2.70 bits per heavy atom. The molecule has 0 atom stereocenters. The van der Waals surface area contributed by atoms with E-state index in [0.29, 0.717) is 5.41 Å². The number of nitrogens with zero attached hydrogens (tertiary/aromatic N) is 3. The first-order chi connectivity index (χ1) is 11.0. The lowest BCUT2D eigenvalue weighted by Gasteiger charge is -2.43. The number of aromatic nitrogens is 2. The lowest BCUT2D eigenvalue weighted by Crippen LogP contribution is -2.47. The van der Waals surface area contributed by atoms with Crippen molar-refractivity contribution in [1.82, 2.24) is 20.4 Å². The summed E-state index contributed by atoms with van der Waals surface area (Å²) in [6.45, 7) is 6.64. The molecule has 0 unspecified atom stereocenters. The summed E-state index contributed by atoms with van der Waals surface area (Å²) in [5.74, 6) is 1.71. The van der Waals surface area contributed by atoms with Gasteiger partial charge in [0.2, 0.25) is 0 Å². The van der Waals surface area contributed by atoms with Crippen molar-refractivity contribution in [3.63, 3.8) is 0 Å². The Hall–Kier alpha value is -1.52. The molecule has 1 fully saturated rings. The molecule has 0 spiro atoms. The molecular formula is C18H33N5. The van der Waals surface area contributed by atoms with Gasteiger partial charge in [-0.05, 0) is 49.0 Å². The highest BCUT2D eigenvalue weighted by molar-refractivity contribution is 5.79. The molecule has 1 aromatic rings. The van der Waals surface area contributed by atoms with Gasteiger partial charge < -0.3 is 10.6 Å². The molecule has 1 aliphatic carbocycles. The number of nitrogens with one attached hydrogen (secondary N) is 2. The molecule has 1 heterocycles. The Morgan fingerprint density at radius 1 is 1.39 bits per heavy atom. The Labute approximate surface area is 141 Å². The molecule has 2 rings (SSSR count). The van der Waals surface area contributed by atoms with Crippen LogP contribution in [0.1, 0.15) is 51.5 Å². The number of hydrogen-bond acceptors (Lipinski definition) is 2. The van der Waals surface area contributed by atoms with E-state index in [9.17, 15) is 0 Å². The summed E-state index contributed by atoms with van der Waals surface area (Å²) in [6.07, 6.45) is 11.6. The van der Waals surface area contributed by atoms with Crippen LogP contribution in [-0.2, 0) is 13.5 Å². The minimum Gasteiger partial charge on any atom is -0.356 e. The summed E-state index contributed by atoms with van der Waals surface area (Å²) < 4.78 is 1.86. The number of aryl methyl sites for hydroxylation is 2. The van der Waals surface area contributed by atoms with E-state index in [2.05, 4.69) is 40.8 Å². The van der Waals surface area contributed by atoms with E-state index < -0.39 is 0 Å². The van der Waals surface area contributed by atoms with E-state index in [4.69, 9.17) is 0 Å². The van der Waals surface area contributed by atoms with Gasteiger partial charge in [-0.25, -0.2) is 0 Å². The maximum atomic E-state index is 4.36. The van der Waals surface area contributed by atoms with E-state index in [-0.39, 0.29) is 0 Å². The third-order valence-electron chi connectivity index (χ3n) is 4.80. The van der Waals surface area contributed by atoms with Gasteiger partial charge in [0.05, 0.1) is 6.20 Å². The van der Waals surface area contributed by atoms with Crippen LogP contribution in [-0.4, -0.2) is 35.9 Å². The van der Waals surface area contributed by atoms with Crippen LogP contribution in [0.3, 0.4) is 0 Å². The minimum absolute atomic E-state index is 0.501. The summed E-state index contributed by atoms with van der Waals surface area (Å²) in [6, 6.07) is 0. The lowest BCUT2D eigenvalue weighted by molar-refractivity contribution is 0.104. The average molecular weight is 319 g/mol. The summed E-state index contributed by atoms with van der Waals surface area (Å²) in [7, 11) is 3.81. The maximum Gasteiger partial charge on any atom is 0.190 e. The summed E-state index contributed by atoms with van der Waals surface area (Å²) in [4.78, 5) is 4.36. The van der Waals surface area contributed by atoms with Crippen molar-refractivity contribution >= 4 is 5.96 Å². The summed E-state index contributed by atoms with van der Waals surface area (Å²) in [5, 5.41) is 11.2. The quantitative estimate of drug-likeness (QED) is 0.440. The van der Waals surface area contributed by atoms with E-state index >= 15 is 0 Å². The molecule has 2 N–H and O–H groups in total. The number of rotatable bonds is 8. The smallest absolute Gasteiger partial charge is 0.190 e. The van der Waals surface area contributed by atoms with Crippen molar-refractivity contribution in [3.05, 3.63) is 18.0 Å². The maximum absolute atomic E-state index is 4.36. The van der Waals surface area contributed by atoms with E-state index in [1.165, 1.54) is 31.2 Å². The lowest BCUT2D eigenvalue weighted by atomic mass is 9.64. The average Bonchev–Trinajstić information content (AvgIpc) is 2.88. The van der Waals surface area contributed by atoms with Crippen molar-refractivity contribution in [2.75, 3.05) is 20.1 Å². The van der Waals surface area contributed by atoms with Gasteiger partial charge in [-0.3, -0.25) is 9.67 Å². The minimum atomic E-state index is 0.501. The fourth-order valence-electron chi connectivity index (χ4n) is 3.59. The van der Waals surface area contributed by atoms with Gasteiger partial charge in [-0.2, -0.15) is 5.10 Å². The highest BCUT2D eigenvalue weighted by atomic mass is 15.2. The molecule has 0 bridgehead atoms. The Balaban J connectivity index is 1.67. The van der Waals surface area contributed by atoms with Crippen molar-refractivity contribution in [1.29, 1.82) is 0 Å². The van der Waals surface area contributed by atoms with E-state index in [1.807, 2.05) is 25.0 Å². The molecule has 1 aliphatic rings. The SMILES string of the molecule is CN=C(NCCCc1cnn(C)c1)NCC1(CC(C)C)CCC1. The van der Waals surface area contributed by atoms with Crippen molar-refractivity contribution in [3.8, 4) is 0 Å². The second-order valence-electron chi connectivity index (χ2n) is 7.43. The fourth-order valence-corrected chi connectivity index (χ4v) is 3.59. The molecule has 5 heteroatoms. The van der Waals surface area contributed by atoms with Crippen LogP contribution in [0.5, 0.6) is 0 Å². The van der Waals surface area contributed by atoms with Crippen LogP contribution in [0, 0.1) is 11.3 Å². The number of guanidine groups is 1. The first kappa shape index (κ1) is 17.8. The monoisotopic (exact) mass is 319 g/mol. The third-order valence-corrected chi connectivity index (χ3v) is 4.80. The van der Waals surface area contributed by atoms with Gasteiger partial charge in [-0.15, -0.1) is 0 Å². The topological polar surface area (TPSA) is 54.2 Å². The predicted octanol–water partition coefficient (Wildman–Crippen LogP) is 2.73. The predicted molar refractivity (Wildman–Crippen MR) is 96.6 cm³/mol. The Kier molecular flexibility index (Phi) is 6.48. The largest absolute Gasteiger partial charge is 0.356 e. The Bertz CT molecular complexity index is 499. The van der Waals surface area contributed by atoms with Crippen LogP contribution in [0.25, 0.3) is 0 Å². The highest BCUT2D eigenvalue weighted by Gasteiger charge is 2.37. The zero-order valence-corrected chi connectivity index (χ0v) is 15.2. The van der Waals surface area contributed by atoms with Crippen LogP contribution < -0.4 is 10.6 Å². The van der Waals surface area contributed by atoms with Crippen LogP contribution in [0.2, 0.25) is 0 Å². The van der Waals surface area contributed by atoms with Gasteiger partial charge in [0, 0.05) is 33.4 Å². The molecule has 0 aromatic carbocycles. The molecular weight excluding hydrogens is 286 g/mol. The van der Waals surface area contributed by atoms with Crippen LogP contribution in [0.4, 0.5) is 0 Å². The number of hydrogen-bond donors (Lipinski definition) is 2. The summed E-state index contributed by atoms with van der Waals surface area (Å²) >= 11 is 0. The molecule has 5 nitrogen and oxygen atoms in total. The second kappa shape index (κ2) is 8.37. The molecule has 130 valence electrons. The normalized spacial score (nSPS) is 17.2. The van der Waals surface area contributed by atoms with Gasteiger partial charge in [-0.1, -0.05) is 20.3 Å². The van der Waals surface area contributed by atoms with E-state index in [1.54, 1.807) is 0 Å². The van der Waals surface area contributed by atoms with Crippen molar-refractivity contribution < 1.29 is 0 Å². The zero-order chi connectivity index (χ0) is 16.7. The van der Waals surface area contributed by atoms with E-state index in [0.717, 1.165) is 37.8 Å². The van der Waals surface area contributed by atoms with Gasteiger partial charge >= 0.3 is 0 Å². The molecule has 0 amide bonds. The van der Waals surface area contributed by atoms with Crippen molar-refractivity contribution in [2.24, 2.45) is 23.4 Å². The molecule has 1 saturated carbocycles. The van der Waals surface area contributed by atoms with Crippen LogP contribution >= 0.6 is 0 Å². The molecule has 1 aromatic heterocycles. The third kappa shape index (κ3) is 5.56. The first-order valence-electron chi connectivity index (χ1n) is 8.95. The van der Waals surface area contributed by atoms with Gasteiger partial charge in [0.1, 0.15) is 0 Å². The number of aliphatic imine (C=N–C) groups is 1. The zero-order valence-electron chi connectivity index (χ0n) is 15.2. The molecule has 0 saturated heterocycles. The second-order valence-corrected chi connectivity index (χ2v) is 7.43. The standard InChI is InChI=1S/C18H33N5/c1-15(2)11-18(8-6-9-18)14-21-17(19-3)20-10-5-7-16-12-22-23(4)13-16/h12-13,15H,5-11,14H2,1-4H3,(H2,19,20,21). The van der Waals surface area contributed by atoms with Crippen molar-refractivity contribution in [2.45, 2.75) is 52.4 Å². The van der Waals surface area contributed by atoms with Gasteiger partial charge in [0.25, 0.3) is 0 Å². The Morgan fingerprint density at radius 2 is 2.17 bits per heavy atom. The van der Waals surface area contributed by atoms with Gasteiger partial charge in [0.15, 0.2) is 5.96 Å². The highest BCUT2D eigenvalue weighted by Crippen LogP contribution is 2.45. The molecule has 23 heavy (non-hydrogen) atoms. The molecule has 0 radical (unpaired) electrons. The fraction of sp³-hybridized carbons (Fsp3) is 0.778. The summed E-state index contributed by atoms with van der Waals surface area (Å²) in [5.41, 5.74) is 1.80.